The molecule has 0 amide bonds. The normalized spacial score (nSPS) is 19.1. The number of nitrogens with zero attached hydrogens (tertiary/aromatic N) is 3. The summed E-state index contributed by atoms with van der Waals surface area (Å²) in [5.41, 5.74) is 13.8. The molecule has 1 aliphatic rings. The van der Waals surface area contributed by atoms with E-state index in [1.54, 1.807) is 0 Å². The van der Waals surface area contributed by atoms with Crippen molar-refractivity contribution in [1.82, 2.24) is 0 Å². The molecule has 0 saturated heterocycles. The second-order valence-corrected chi connectivity index (χ2v) is 4.70. The van der Waals surface area contributed by atoms with Gasteiger partial charge >= 0.3 is 0 Å². The number of amidine groups is 1. The van der Waals surface area contributed by atoms with Gasteiger partial charge < -0.3 is 16.4 Å². The lowest BCUT2D eigenvalue weighted by atomic mass is 9.97. The molecule has 0 radical (unpaired) electrons. The van der Waals surface area contributed by atoms with E-state index in [2.05, 4.69) is 39.2 Å². The Morgan fingerprint density at radius 1 is 1.22 bits per heavy atom. The Morgan fingerprint density at radius 3 is 2.44 bits per heavy atom. The average molecular weight is 245 g/mol. The van der Waals surface area contributed by atoms with E-state index < -0.39 is 0 Å². The van der Waals surface area contributed by atoms with Gasteiger partial charge in [0.25, 0.3) is 0 Å². The molecule has 1 heterocycles. The van der Waals surface area contributed by atoms with Gasteiger partial charge in [-0.1, -0.05) is 12.1 Å². The second kappa shape index (κ2) is 5.08. The number of aliphatic imine (C=N–C) groups is 2. The molecule has 0 aliphatic carbocycles. The Labute approximate surface area is 107 Å². The molecule has 2 rings (SSSR count). The van der Waals surface area contributed by atoms with Crippen LogP contribution in [0.25, 0.3) is 0 Å². The first-order valence-corrected chi connectivity index (χ1v) is 5.96. The van der Waals surface area contributed by atoms with Crippen LogP contribution in [0.1, 0.15) is 5.56 Å². The minimum Gasteiger partial charge on any atom is -0.387 e. The van der Waals surface area contributed by atoms with Gasteiger partial charge in [-0.05, 0) is 24.1 Å². The van der Waals surface area contributed by atoms with Crippen molar-refractivity contribution in [2.24, 2.45) is 27.4 Å². The minimum atomic E-state index is 0.155. The summed E-state index contributed by atoms with van der Waals surface area (Å²) in [5, 5.41) is 0. The molecule has 0 spiro atoms. The number of benzene rings is 1. The molecule has 0 aromatic heterocycles. The fourth-order valence-corrected chi connectivity index (χ4v) is 1.94. The molecule has 0 saturated carbocycles. The Morgan fingerprint density at radius 2 is 1.89 bits per heavy atom. The predicted molar refractivity (Wildman–Crippen MR) is 76.1 cm³/mol. The minimum absolute atomic E-state index is 0.155. The lowest BCUT2D eigenvalue weighted by Crippen LogP contribution is -2.34. The van der Waals surface area contributed by atoms with E-state index in [4.69, 9.17) is 11.5 Å². The van der Waals surface area contributed by atoms with Gasteiger partial charge in [0.15, 0.2) is 0 Å². The highest BCUT2D eigenvalue weighted by molar-refractivity contribution is 5.97. The van der Waals surface area contributed by atoms with Crippen molar-refractivity contribution in [2.75, 3.05) is 25.5 Å². The van der Waals surface area contributed by atoms with Crippen LogP contribution in [0, 0.1) is 5.92 Å². The van der Waals surface area contributed by atoms with Crippen LogP contribution in [0.4, 0.5) is 5.69 Å². The molecule has 1 aliphatic heterocycles. The van der Waals surface area contributed by atoms with Gasteiger partial charge in [-0.25, -0.2) is 4.99 Å². The van der Waals surface area contributed by atoms with Crippen LogP contribution in [-0.4, -0.2) is 32.4 Å². The topological polar surface area (TPSA) is 80.0 Å². The summed E-state index contributed by atoms with van der Waals surface area (Å²) < 4.78 is 0. The summed E-state index contributed by atoms with van der Waals surface area (Å²) in [5.74, 6) is 1.02. The van der Waals surface area contributed by atoms with E-state index in [0.717, 1.165) is 6.42 Å². The van der Waals surface area contributed by atoms with Gasteiger partial charge in [0.2, 0.25) is 5.96 Å². The van der Waals surface area contributed by atoms with E-state index in [9.17, 15) is 0 Å². The Bertz CT molecular complexity index is 473. The fourth-order valence-electron chi connectivity index (χ4n) is 1.94. The lowest BCUT2D eigenvalue weighted by Gasteiger charge is -2.18. The first-order valence-electron chi connectivity index (χ1n) is 5.96. The van der Waals surface area contributed by atoms with Crippen LogP contribution >= 0.6 is 0 Å². The monoisotopic (exact) mass is 245 g/mol. The number of nitrogens with two attached hydrogens (primary N) is 2. The van der Waals surface area contributed by atoms with Gasteiger partial charge in [-0.2, -0.15) is 0 Å². The Kier molecular flexibility index (Phi) is 3.50. The number of hydrogen-bond donors (Lipinski definition) is 2. The largest absolute Gasteiger partial charge is 0.387 e. The molecule has 1 aromatic rings. The van der Waals surface area contributed by atoms with Crippen molar-refractivity contribution >= 4 is 17.5 Å². The Balaban J connectivity index is 2.04. The van der Waals surface area contributed by atoms with Crippen molar-refractivity contribution in [3.8, 4) is 0 Å². The van der Waals surface area contributed by atoms with Gasteiger partial charge in [-0.15, -0.1) is 0 Å². The summed E-state index contributed by atoms with van der Waals surface area (Å²) in [4.78, 5) is 10.2. The van der Waals surface area contributed by atoms with Crippen LogP contribution in [0.15, 0.2) is 34.3 Å². The van der Waals surface area contributed by atoms with Crippen molar-refractivity contribution in [1.29, 1.82) is 0 Å². The number of anilines is 1. The van der Waals surface area contributed by atoms with Gasteiger partial charge in [0.1, 0.15) is 5.84 Å². The SMILES string of the molecule is CN(C)c1ccc(CC2CN=C(N)N=C2N)cc1. The molecule has 18 heavy (non-hydrogen) atoms. The molecular formula is C13H19N5. The van der Waals surface area contributed by atoms with Crippen LogP contribution in [0.2, 0.25) is 0 Å². The summed E-state index contributed by atoms with van der Waals surface area (Å²) >= 11 is 0. The first-order chi connectivity index (χ1) is 8.56. The molecule has 1 unspecified atom stereocenters. The van der Waals surface area contributed by atoms with Crippen LogP contribution < -0.4 is 16.4 Å². The van der Waals surface area contributed by atoms with Crippen molar-refractivity contribution < 1.29 is 0 Å². The third-order valence-corrected chi connectivity index (χ3v) is 3.07. The molecule has 5 nitrogen and oxygen atoms in total. The summed E-state index contributed by atoms with van der Waals surface area (Å²) in [6.07, 6.45) is 0.847. The van der Waals surface area contributed by atoms with Gasteiger partial charge in [0, 0.05) is 25.7 Å². The zero-order valence-electron chi connectivity index (χ0n) is 10.8. The maximum absolute atomic E-state index is 5.88. The van der Waals surface area contributed by atoms with E-state index >= 15 is 0 Å². The highest BCUT2D eigenvalue weighted by atomic mass is 15.1. The smallest absolute Gasteiger partial charge is 0.217 e. The van der Waals surface area contributed by atoms with Gasteiger partial charge in [-0.3, -0.25) is 4.99 Å². The van der Waals surface area contributed by atoms with Crippen LogP contribution in [0.5, 0.6) is 0 Å². The standard InChI is InChI=1S/C13H19N5/c1-18(2)11-5-3-9(4-6-11)7-10-8-16-13(15)17-12(10)14/h3-6,10H,7-8H2,1-2H3,(H4,14,15,16,17). The average Bonchev–Trinajstić information content (AvgIpc) is 2.33. The predicted octanol–water partition coefficient (Wildman–Crippen LogP) is 0.597. The summed E-state index contributed by atoms with van der Waals surface area (Å²) in [7, 11) is 4.05. The van der Waals surface area contributed by atoms with Crippen LogP contribution in [0.3, 0.4) is 0 Å². The highest BCUT2D eigenvalue weighted by Gasteiger charge is 2.17. The summed E-state index contributed by atoms with van der Waals surface area (Å²) in [6.45, 7) is 0.622. The highest BCUT2D eigenvalue weighted by Crippen LogP contribution is 2.16. The van der Waals surface area contributed by atoms with Crippen molar-refractivity contribution in [3.05, 3.63) is 29.8 Å². The maximum atomic E-state index is 5.88. The first kappa shape index (κ1) is 12.4. The summed E-state index contributed by atoms with van der Waals surface area (Å²) in [6, 6.07) is 8.43. The van der Waals surface area contributed by atoms with E-state index in [1.165, 1.54) is 11.3 Å². The second-order valence-electron chi connectivity index (χ2n) is 4.70. The van der Waals surface area contributed by atoms with Crippen LogP contribution in [-0.2, 0) is 6.42 Å². The van der Waals surface area contributed by atoms with Crippen molar-refractivity contribution in [2.45, 2.75) is 6.42 Å². The third-order valence-electron chi connectivity index (χ3n) is 3.07. The molecule has 1 atom stereocenters. The molecule has 96 valence electrons. The van der Waals surface area contributed by atoms with Gasteiger partial charge in [0.05, 0.1) is 6.54 Å². The number of rotatable bonds is 3. The number of guanidine groups is 1. The molecule has 4 N–H and O–H groups in total. The Hall–Kier alpha value is -2.04. The van der Waals surface area contributed by atoms with Crippen molar-refractivity contribution in [3.63, 3.8) is 0 Å². The van der Waals surface area contributed by atoms with E-state index in [-0.39, 0.29) is 11.9 Å². The molecular weight excluding hydrogens is 226 g/mol. The number of hydrogen-bond acceptors (Lipinski definition) is 5. The molecule has 0 fully saturated rings. The molecule has 1 aromatic carbocycles. The third kappa shape index (κ3) is 2.80. The van der Waals surface area contributed by atoms with E-state index in [1.807, 2.05) is 14.1 Å². The molecule has 5 heteroatoms. The maximum Gasteiger partial charge on any atom is 0.217 e. The lowest BCUT2D eigenvalue weighted by molar-refractivity contribution is 0.683. The molecule has 0 bridgehead atoms. The zero-order chi connectivity index (χ0) is 13.1. The quantitative estimate of drug-likeness (QED) is 0.818. The zero-order valence-corrected chi connectivity index (χ0v) is 10.8. The van der Waals surface area contributed by atoms with E-state index in [0.29, 0.717) is 12.4 Å². The fraction of sp³-hybridized carbons (Fsp3) is 0.385.